The fourth-order valence-electron chi connectivity index (χ4n) is 2.19. The Balaban J connectivity index is 1.68. The Bertz CT molecular complexity index is 873. The van der Waals surface area contributed by atoms with E-state index in [1.807, 2.05) is 31.2 Å². The molecule has 0 bridgehead atoms. The van der Waals surface area contributed by atoms with Crippen molar-refractivity contribution < 1.29 is 9.32 Å². The second kappa shape index (κ2) is 7.07. The van der Waals surface area contributed by atoms with Crippen LogP contribution < -0.4 is 5.32 Å². The maximum Gasteiger partial charge on any atom is 0.253 e. The molecule has 122 valence electrons. The molecule has 0 unspecified atom stereocenters. The van der Waals surface area contributed by atoms with Crippen LogP contribution in [-0.2, 0) is 6.54 Å². The van der Waals surface area contributed by atoms with Gasteiger partial charge < -0.3 is 9.84 Å². The molecule has 6 heteroatoms. The first-order chi connectivity index (χ1) is 11.5. The van der Waals surface area contributed by atoms with Gasteiger partial charge in [0.2, 0.25) is 0 Å². The van der Waals surface area contributed by atoms with E-state index in [0.717, 1.165) is 5.56 Å². The van der Waals surface area contributed by atoms with Crippen LogP contribution in [0, 0.1) is 6.92 Å². The zero-order chi connectivity index (χ0) is 17.1. The number of nitrogens with zero attached hydrogens (tertiary/aromatic N) is 1. The van der Waals surface area contributed by atoms with Crippen LogP contribution in [0.2, 0.25) is 10.0 Å². The smallest absolute Gasteiger partial charge is 0.253 e. The van der Waals surface area contributed by atoms with E-state index in [4.69, 9.17) is 27.7 Å². The van der Waals surface area contributed by atoms with E-state index in [9.17, 15) is 4.79 Å². The number of hydrogen-bond donors (Lipinski definition) is 1. The van der Waals surface area contributed by atoms with E-state index >= 15 is 0 Å². The number of hydrogen-bond acceptors (Lipinski definition) is 3. The Labute approximate surface area is 149 Å². The molecule has 1 heterocycles. The molecule has 0 saturated carbocycles. The van der Waals surface area contributed by atoms with Crippen LogP contribution in [0.3, 0.4) is 0 Å². The molecule has 3 aromatic rings. The molecule has 0 radical (unpaired) electrons. The average molecular weight is 361 g/mol. The highest BCUT2D eigenvalue weighted by Gasteiger charge is 2.12. The average Bonchev–Trinajstić information content (AvgIpc) is 3.04. The summed E-state index contributed by atoms with van der Waals surface area (Å²) >= 11 is 11.9. The van der Waals surface area contributed by atoms with Crippen molar-refractivity contribution in [3.8, 4) is 11.3 Å². The summed E-state index contributed by atoms with van der Waals surface area (Å²) in [5.41, 5.74) is 3.05. The summed E-state index contributed by atoms with van der Waals surface area (Å²) in [6.45, 7) is 2.25. The lowest BCUT2D eigenvalue weighted by Crippen LogP contribution is -2.23. The molecular weight excluding hydrogens is 347 g/mol. The third-order valence-electron chi connectivity index (χ3n) is 3.50. The van der Waals surface area contributed by atoms with Crippen LogP contribution in [-0.4, -0.2) is 11.1 Å². The number of halogens is 2. The molecule has 24 heavy (non-hydrogen) atoms. The van der Waals surface area contributed by atoms with Gasteiger partial charge in [0.05, 0.1) is 17.1 Å². The Morgan fingerprint density at radius 3 is 2.62 bits per heavy atom. The molecule has 0 saturated heterocycles. The SMILES string of the molecule is Cc1ccc(-c2cc(CNC(=O)c3cc(Cl)ccc3Cl)no2)cc1. The second-order valence-electron chi connectivity index (χ2n) is 5.36. The predicted octanol–water partition coefficient (Wildman–Crippen LogP) is 4.89. The zero-order valence-electron chi connectivity index (χ0n) is 12.8. The van der Waals surface area contributed by atoms with Gasteiger partial charge in [-0.15, -0.1) is 0 Å². The van der Waals surface area contributed by atoms with E-state index in [0.29, 0.717) is 27.1 Å². The highest BCUT2D eigenvalue weighted by Crippen LogP contribution is 2.22. The minimum absolute atomic E-state index is 0.233. The fourth-order valence-corrected chi connectivity index (χ4v) is 2.56. The van der Waals surface area contributed by atoms with Crippen LogP contribution in [0.25, 0.3) is 11.3 Å². The molecular formula is C18H14Cl2N2O2. The minimum atomic E-state index is -0.317. The van der Waals surface area contributed by atoms with Crippen molar-refractivity contribution in [3.63, 3.8) is 0 Å². The third-order valence-corrected chi connectivity index (χ3v) is 4.06. The first-order valence-electron chi connectivity index (χ1n) is 7.29. The number of amides is 1. The Hall–Kier alpha value is -2.30. The summed E-state index contributed by atoms with van der Waals surface area (Å²) in [6.07, 6.45) is 0. The Kier molecular flexibility index (Phi) is 4.88. The number of aromatic nitrogens is 1. The van der Waals surface area contributed by atoms with Gasteiger partial charge in [0.25, 0.3) is 5.91 Å². The molecule has 0 aliphatic heterocycles. The minimum Gasteiger partial charge on any atom is -0.356 e. The van der Waals surface area contributed by atoms with Gasteiger partial charge >= 0.3 is 0 Å². The van der Waals surface area contributed by atoms with Gasteiger partial charge in [-0.05, 0) is 25.1 Å². The molecule has 2 aromatic carbocycles. The Morgan fingerprint density at radius 2 is 1.88 bits per heavy atom. The van der Waals surface area contributed by atoms with Crippen molar-refractivity contribution in [1.29, 1.82) is 0 Å². The summed E-state index contributed by atoms with van der Waals surface area (Å²) in [6, 6.07) is 14.5. The molecule has 0 spiro atoms. The van der Waals surface area contributed by atoms with Crippen LogP contribution in [0.4, 0.5) is 0 Å². The van der Waals surface area contributed by atoms with Gasteiger partial charge in [0.15, 0.2) is 5.76 Å². The summed E-state index contributed by atoms with van der Waals surface area (Å²) < 4.78 is 5.32. The monoisotopic (exact) mass is 360 g/mol. The van der Waals surface area contributed by atoms with Crippen molar-refractivity contribution >= 4 is 29.1 Å². The van der Waals surface area contributed by atoms with Crippen LogP contribution in [0.1, 0.15) is 21.6 Å². The van der Waals surface area contributed by atoms with Crippen molar-refractivity contribution in [3.05, 3.63) is 75.4 Å². The van der Waals surface area contributed by atoms with Crippen molar-refractivity contribution in [2.75, 3.05) is 0 Å². The lowest BCUT2D eigenvalue weighted by atomic mass is 10.1. The zero-order valence-corrected chi connectivity index (χ0v) is 14.4. The first-order valence-corrected chi connectivity index (χ1v) is 8.04. The van der Waals surface area contributed by atoms with Crippen molar-refractivity contribution in [2.45, 2.75) is 13.5 Å². The summed E-state index contributed by atoms with van der Waals surface area (Å²) in [5, 5.41) is 7.52. The summed E-state index contributed by atoms with van der Waals surface area (Å²) in [5.74, 6) is 0.336. The van der Waals surface area contributed by atoms with Crippen LogP contribution in [0.5, 0.6) is 0 Å². The molecule has 1 aromatic heterocycles. The summed E-state index contributed by atoms with van der Waals surface area (Å²) in [7, 11) is 0. The highest BCUT2D eigenvalue weighted by atomic mass is 35.5. The molecule has 1 amide bonds. The van der Waals surface area contributed by atoms with Gasteiger partial charge in [-0.25, -0.2) is 0 Å². The molecule has 0 atom stereocenters. The molecule has 0 aliphatic rings. The number of benzene rings is 2. The van der Waals surface area contributed by atoms with Crippen molar-refractivity contribution in [2.24, 2.45) is 0 Å². The number of nitrogens with one attached hydrogen (secondary N) is 1. The molecule has 0 aliphatic carbocycles. The van der Waals surface area contributed by atoms with E-state index in [1.54, 1.807) is 18.2 Å². The van der Waals surface area contributed by atoms with Crippen LogP contribution in [0.15, 0.2) is 53.1 Å². The van der Waals surface area contributed by atoms with Gasteiger partial charge in [-0.3, -0.25) is 4.79 Å². The third kappa shape index (κ3) is 3.78. The van der Waals surface area contributed by atoms with Crippen LogP contribution >= 0.6 is 23.2 Å². The predicted molar refractivity (Wildman–Crippen MR) is 94.3 cm³/mol. The highest BCUT2D eigenvalue weighted by molar-refractivity contribution is 6.35. The van der Waals surface area contributed by atoms with Gasteiger partial charge in [-0.2, -0.15) is 0 Å². The second-order valence-corrected chi connectivity index (χ2v) is 6.20. The van der Waals surface area contributed by atoms with Gasteiger partial charge in [-0.1, -0.05) is 58.2 Å². The first kappa shape index (κ1) is 16.6. The number of rotatable bonds is 4. The topological polar surface area (TPSA) is 55.1 Å². The molecule has 1 N–H and O–H groups in total. The lowest BCUT2D eigenvalue weighted by Gasteiger charge is -2.05. The maximum atomic E-state index is 12.2. The van der Waals surface area contributed by atoms with Crippen molar-refractivity contribution in [1.82, 2.24) is 10.5 Å². The van der Waals surface area contributed by atoms with E-state index in [2.05, 4.69) is 10.5 Å². The normalized spacial score (nSPS) is 10.6. The van der Waals surface area contributed by atoms with E-state index in [1.165, 1.54) is 11.6 Å². The van der Waals surface area contributed by atoms with Gasteiger partial charge in [0.1, 0.15) is 5.69 Å². The summed E-state index contributed by atoms with van der Waals surface area (Å²) in [4.78, 5) is 12.2. The molecule has 0 fully saturated rings. The fraction of sp³-hybridized carbons (Fsp3) is 0.111. The number of carbonyl (C=O) groups excluding carboxylic acids is 1. The standard InChI is InChI=1S/C18H14Cl2N2O2/c1-11-2-4-12(5-3-11)17-9-14(22-24-17)10-21-18(23)15-8-13(19)6-7-16(15)20/h2-9H,10H2,1H3,(H,21,23). The number of carbonyl (C=O) groups is 1. The number of aryl methyl sites for hydroxylation is 1. The molecule has 3 rings (SSSR count). The lowest BCUT2D eigenvalue weighted by molar-refractivity contribution is 0.0950. The van der Waals surface area contributed by atoms with Gasteiger partial charge in [0, 0.05) is 16.7 Å². The molecule has 4 nitrogen and oxygen atoms in total. The largest absolute Gasteiger partial charge is 0.356 e. The Morgan fingerprint density at radius 1 is 1.12 bits per heavy atom. The quantitative estimate of drug-likeness (QED) is 0.720. The van der Waals surface area contributed by atoms with E-state index < -0.39 is 0 Å². The maximum absolute atomic E-state index is 12.2. The van der Waals surface area contributed by atoms with E-state index in [-0.39, 0.29) is 12.5 Å².